The number of benzene rings is 1. The maximum absolute atomic E-state index is 12.0. The second-order valence-corrected chi connectivity index (χ2v) is 5.97. The molecule has 1 amide bonds. The summed E-state index contributed by atoms with van der Waals surface area (Å²) in [6, 6.07) is 5.44. The van der Waals surface area contributed by atoms with Gasteiger partial charge in [-0.3, -0.25) is 4.79 Å². The van der Waals surface area contributed by atoms with E-state index in [0.29, 0.717) is 10.6 Å². The van der Waals surface area contributed by atoms with Crippen LogP contribution in [0.5, 0.6) is 0 Å². The van der Waals surface area contributed by atoms with Gasteiger partial charge >= 0.3 is 0 Å². The van der Waals surface area contributed by atoms with Crippen molar-refractivity contribution in [1.29, 1.82) is 0 Å². The van der Waals surface area contributed by atoms with Gasteiger partial charge in [0.2, 0.25) is 0 Å². The maximum atomic E-state index is 12.0. The Hall–Kier alpha value is -0.540. The Labute approximate surface area is 115 Å². The van der Waals surface area contributed by atoms with Crippen molar-refractivity contribution in [3.05, 3.63) is 33.3 Å². The van der Waals surface area contributed by atoms with E-state index >= 15 is 0 Å². The molecule has 2 nitrogen and oxygen atoms in total. The highest BCUT2D eigenvalue weighted by Gasteiger charge is 2.24. The van der Waals surface area contributed by atoms with Gasteiger partial charge in [0.1, 0.15) is 0 Å². The normalized spacial score (nSPS) is 16.6. The topological polar surface area (TPSA) is 29.1 Å². The first-order chi connectivity index (χ1) is 8.06. The molecule has 2 rings (SSSR count). The number of hydrogen-bond acceptors (Lipinski definition) is 1. The zero-order valence-corrected chi connectivity index (χ0v) is 12.0. The first kappa shape index (κ1) is 12.9. The first-order valence-electron chi connectivity index (χ1n) is 5.82. The summed E-state index contributed by atoms with van der Waals surface area (Å²) in [5, 5.41) is 3.64. The third-order valence-corrected chi connectivity index (χ3v) is 3.83. The fourth-order valence-corrected chi connectivity index (χ4v) is 2.75. The molecule has 1 saturated carbocycles. The van der Waals surface area contributed by atoms with Crippen LogP contribution in [0.15, 0.2) is 22.7 Å². The summed E-state index contributed by atoms with van der Waals surface area (Å²) in [7, 11) is 0. The number of rotatable bonds is 4. The Kier molecular flexibility index (Phi) is 4.10. The predicted molar refractivity (Wildman–Crippen MR) is 73.4 cm³/mol. The monoisotopic (exact) mass is 315 g/mol. The lowest BCUT2D eigenvalue weighted by molar-refractivity contribution is 0.0936. The van der Waals surface area contributed by atoms with E-state index in [1.54, 1.807) is 18.2 Å². The third-order valence-electron chi connectivity index (χ3n) is 2.94. The molecule has 0 radical (unpaired) electrons. The van der Waals surface area contributed by atoms with Crippen molar-refractivity contribution in [3.63, 3.8) is 0 Å². The van der Waals surface area contributed by atoms with E-state index in [2.05, 4.69) is 28.2 Å². The summed E-state index contributed by atoms with van der Waals surface area (Å²) in [6.07, 6.45) is 3.70. The van der Waals surface area contributed by atoms with Gasteiger partial charge in [-0.25, -0.2) is 0 Å². The van der Waals surface area contributed by atoms with Crippen LogP contribution in [0.2, 0.25) is 5.02 Å². The van der Waals surface area contributed by atoms with Crippen molar-refractivity contribution in [2.45, 2.75) is 32.2 Å². The first-order valence-corrected chi connectivity index (χ1v) is 6.99. The van der Waals surface area contributed by atoms with Crippen LogP contribution in [0.3, 0.4) is 0 Å². The number of hydrogen-bond donors (Lipinski definition) is 1. The summed E-state index contributed by atoms with van der Waals surface area (Å²) in [5.74, 6) is 0.778. The lowest BCUT2D eigenvalue weighted by atomic mass is 10.1. The minimum Gasteiger partial charge on any atom is -0.350 e. The third kappa shape index (κ3) is 3.71. The van der Waals surface area contributed by atoms with Gasteiger partial charge in [-0.05, 0) is 53.4 Å². The summed E-state index contributed by atoms with van der Waals surface area (Å²) in [6.45, 7) is 2.06. The molecule has 17 heavy (non-hydrogen) atoms. The number of carbonyl (C=O) groups is 1. The van der Waals surface area contributed by atoms with Gasteiger partial charge in [-0.2, -0.15) is 0 Å². The molecule has 1 atom stereocenters. The van der Waals surface area contributed by atoms with Crippen molar-refractivity contribution >= 4 is 33.4 Å². The molecule has 1 fully saturated rings. The van der Waals surface area contributed by atoms with Crippen LogP contribution in [0.25, 0.3) is 0 Å². The van der Waals surface area contributed by atoms with Crippen LogP contribution >= 0.6 is 27.5 Å². The van der Waals surface area contributed by atoms with Crippen LogP contribution in [0.1, 0.15) is 36.5 Å². The van der Waals surface area contributed by atoms with E-state index in [-0.39, 0.29) is 11.9 Å². The van der Waals surface area contributed by atoms with Gasteiger partial charge in [-0.1, -0.05) is 24.4 Å². The maximum Gasteiger partial charge on any atom is 0.252 e. The predicted octanol–water partition coefficient (Wildman–Crippen LogP) is 4.02. The van der Waals surface area contributed by atoms with E-state index < -0.39 is 0 Å². The zero-order chi connectivity index (χ0) is 12.4. The average molecular weight is 317 g/mol. The molecule has 0 aliphatic heterocycles. The van der Waals surface area contributed by atoms with Crippen LogP contribution in [0.4, 0.5) is 0 Å². The molecular weight excluding hydrogens is 302 g/mol. The largest absolute Gasteiger partial charge is 0.350 e. The second kappa shape index (κ2) is 5.40. The van der Waals surface area contributed by atoms with Gasteiger partial charge in [0, 0.05) is 15.5 Å². The fourth-order valence-electron chi connectivity index (χ4n) is 1.89. The highest BCUT2D eigenvalue weighted by Crippen LogP contribution is 2.33. The van der Waals surface area contributed by atoms with E-state index in [1.165, 1.54) is 12.8 Å². The summed E-state index contributed by atoms with van der Waals surface area (Å²) in [4.78, 5) is 12.0. The number of carbonyl (C=O) groups excluding carboxylic acids is 1. The number of amides is 1. The molecule has 92 valence electrons. The van der Waals surface area contributed by atoms with Gasteiger partial charge in [0.05, 0.1) is 5.56 Å². The minimum atomic E-state index is -0.0401. The van der Waals surface area contributed by atoms with E-state index in [1.807, 2.05) is 0 Å². The highest BCUT2D eigenvalue weighted by atomic mass is 79.9. The Bertz CT molecular complexity index is 431. The number of halogens is 2. The minimum absolute atomic E-state index is 0.0401. The standard InChI is InChI=1S/C13H15BrClNO/c1-8(6-9-2-3-9)16-13(17)11-5-4-10(15)7-12(11)14/h4-5,7-9H,2-3,6H2,1H3,(H,16,17). The molecule has 1 unspecified atom stereocenters. The summed E-state index contributed by atoms with van der Waals surface area (Å²) < 4.78 is 0.737. The molecule has 0 bridgehead atoms. The smallest absolute Gasteiger partial charge is 0.252 e. The molecule has 1 N–H and O–H groups in total. The van der Waals surface area contributed by atoms with E-state index in [9.17, 15) is 4.79 Å². The van der Waals surface area contributed by atoms with Crippen LogP contribution in [-0.4, -0.2) is 11.9 Å². The highest BCUT2D eigenvalue weighted by molar-refractivity contribution is 9.10. The Morgan fingerprint density at radius 1 is 1.59 bits per heavy atom. The molecule has 1 aromatic rings. The van der Waals surface area contributed by atoms with Crippen LogP contribution in [-0.2, 0) is 0 Å². The molecule has 1 aliphatic carbocycles. The lowest BCUT2D eigenvalue weighted by Gasteiger charge is -2.14. The fraction of sp³-hybridized carbons (Fsp3) is 0.462. The molecule has 1 aliphatic rings. The van der Waals surface area contributed by atoms with Crippen molar-refractivity contribution in [1.82, 2.24) is 5.32 Å². The van der Waals surface area contributed by atoms with Gasteiger partial charge < -0.3 is 5.32 Å². The summed E-state index contributed by atoms with van der Waals surface area (Å²) >= 11 is 9.20. The summed E-state index contributed by atoms with van der Waals surface area (Å²) in [5.41, 5.74) is 0.636. The average Bonchev–Trinajstić information content (AvgIpc) is 3.00. The zero-order valence-electron chi connectivity index (χ0n) is 9.67. The molecule has 0 saturated heterocycles. The molecule has 0 aromatic heterocycles. The Morgan fingerprint density at radius 2 is 2.29 bits per heavy atom. The Morgan fingerprint density at radius 3 is 2.88 bits per heavy atom. The molecule has 0 heterocycles. The number of nitrogens with one attached hydrogen (secondary N) is 1. The van der Waals surface area contributed by atoms with Crippen LogP contribution in [0, 0.1) is 5.92 Å². The van der Waals surface area contributed by atoms with Gasteiger partial charge in [0.25, 0.3) is 5.91 Å². The van der Waals surface area contributed by atoms with Crippen LogP contribution < -0.4 is 5.32 Å². The quantitative estimate of drug-likeness (QED) is 0.893. The molecule has 0 spiro atoms. The Balaban J connectivity index is 1.98. The van der Waals surface area contributed by atoms with Crippen molar-refractivity contribution < 1.29 is 4.79 Å². The van der Waals surface area contributed by atoms with Crippen molar-refractivity contribution in [3.8, 4) is 0 Å². The van der Waals surface area contributed by atoms with Gasteiger partial charge in [-0.15, -0.1) is 0 Å². The molecule has 1 aromatic carbocycles. The molecular formula is C13H15BrClNO. The van der Waals surface area contributed by atoms with Crippen molar-refractivity contribution in [2.24, 2.45) is 5.92 Å². The molecule has 4 heteroatoms. The van der Waals surface area contributed by atoms with Crippen molar-refractivity contribution in [2.75, 3.05) is 0 Å². The SMILES string of the molecule is CC(CC1CC1)NC(=O)c1ccc(Cl)cc1Br. The van der Waals surface area contributed by atoms with E-state index in [0.717, 1.165) is 16.8 Å². The van der Waals surface area contributed by atoms with Gasteiger partial charge in [0.15, 0.2) is 0 Å². The second-order valence-electron chi connectivity index (χ2n) is 4.68. The lowest BCUT2D eigenvalue weighted by Crippen LogP contribution is -2.33. The van der Waals surface area contributed by atoms with E-state index in [4.69, 9.17) is 11.6 Å².